The number of nitrogens with one attached hydrogen (secondary N) is 1. The van der Waals surface area contributed by atoms with E-state index in [1.807, 2.05) is 4.90 Å². The molecule has 4 nitrogen and oxygen atoms in total. The maximum atomic E-state index is 11.9. The van der Waals surface area contributed by atoms with Crippen LogP contribution in [0.4, 0.5) is 0 Å². The summed E-state index contributed by atoms with van der Waals surface area (Å²) in [6, 6.07) is -0.212. The van der Waals surface area contributed by atoms with Gasteiger partial charge >= 0.3 is 5.97 Å². The lowest BCUT2D eigenvalue weighted by atomic mass is 9.96. The smallest absolute Gasteiger partial charge is 0.330 e. The van der Waals surface area contributed by atoms with Crippen LogP contribution in [0.3, 0.4) is 0 Å². The molecule has 2 fully saturated rings. The van der Waals surface area contributed by atoms with Crippen molar-refractivity contribution in [2.24, 2.45) is 5.92 Å². The van der Waals surface area contributed by atoms with Crippen LogP contribution in [0.1, 0.15) is 40.5 Å². The summed E-state index contributed by atoms with van der Waals surface area (Å²) in [6.45, 7) is 8.34. The van der Waals surface area contributed by atoms with E-state index in [-0.39, 0.29) is 23.8 Å². The van der Waals surface area contributed by atoms with Gasteiger partial charge in [-0.25, -0.2) is 4.79 Å². The Morgan fingerprint density at radius 1 is 1.59 bits per heavy atom. The third-order valence-electron chi connectivity index (χ3n) is 3.23. The largest absolute Gasteiger partial charge is 0.440 e. The molecule has 0 aromatic rings. The molecule has 96 valence electrons. The third-order valence-corrected chi connectivity index (χ3v) is 3.54. The van der Waals surface area contributed by atoms with Crippen LogP contribution in [0.15, 0.2) is 0 Å². The molecule has 2 rings (SSSR count). The van der Waals surface area contributed by atoms with Crippen molar-refractivity contribution in [3.05, 3.63) is 0 Å². The highest BCUT2D eigenvalue weighted by molar-refractivity contribution is 7.80. The normalized spacial score (nSPS) is 31.2. The van der Waals surface area contributed by atoms with Gasteiger partial charge in [-0.3, -0.25) is 4.90 Å². The molecule has 2 unspecified atom stereocenters. The van der Waals surface area contributed by atoms with Gasteiger partial charge in [0.05, 0.1) is 0 Å². The number of ether oxygens (including phenoxy) is 1. The second kappa shape index (κ2) is 4.12. The lowest BCUT2D eigenvalue weighted by Gasteiger charge is -2.42. The first-order valence-electron chi connectivity index (χ1n) is 6.11. The molecule has 0 aromatic carbocycles. The van der Waals surface area contributed by atoms with E-state index in [1.54, 1.807) is 0 Å². The second-order valence-corrected chi connectivity index (χ2v) is 6.35. The van der Waals surface area contributed by atoms with Crippen molar-refractivity contribution in [3.8, 4) is 0 Å². The molecule has 2 aliphatic rings. The van der Waals surface area contributed by atoms with Crippen LogP contribution in [-0.4, -0.2) is 33.8 Å². The molecule has 17 heavy (non-hydrogen) atoms. The maximum absolute atomic E-state index is 11.9. The predicted molar refractivity (Wildman–Crippen MR) is 69.4 cm³/mol. The number of fused-ring (bicyclic) bond motifs is 1. The Balaban J connectivity index is 2.19. The molecule has 0 amide bonds. The second-order valence-electron chi connectivity index (χ2n) is 5.96. The Morgan fingerprint density at radius 3 is 2.82 bits per heavy atom. The van der Waals surface area contributed by atoms with E-state index < -0.39 is 0 Å². The summed E-state index contributed by atoms with van der Waals surface area (Å²) >= 11 is 5.36. The maximum Gasteiger partial charge on any atom is 0.330 e. The zero-order chi connectivity index (χ0) is 12.8. The van der Waals surface area contributed by atoms with Gasteiger partial charge in [-0.05, 0) is 38.4 Å². The minimum atomic E-state index is -0.212. The van der Waals surface area contributed by atoms with Crippen LogP contribution in [-0.2, 0) is 9.53 Å². The lowest BCUT2D eigenvalue weighted by Crippen LogP contribution is -2.61. The zero-order valence-electron chi connectivity index (χ0n) is 10.8. The first-order valence-corrected chi connectivity index (χ1v) is 6.52. The van der Waals surface area contributed by atoms with E-state index in [1.165, 1.54) is 0 Å². The molecule has 2 heterocycles. The summed E-state index contributed by atoms with van der Waals surface area (Å²) in [5.74, 6) is 0.314. The molecular weight excluding hydrogens is 236 g/mol. The van der Waals surface area contributed by atoms with Crippen LogP contribution in [0.2, 0.25) is 0 Å². The Labute approximate surface area is 108 Å². The van der Waals surface area contributed by atoms with Crippen molar-refractivity contribution < 1.29 is 9.53 Å². The topological polar surface area (TPSA) is 41.6 Å². The van der Waals surface area contributed by atoms with Gasteiger partial charge in [0, 0.05) is 12.0 Å². The van der Waals surface area contributed by atoms with E-state index >= 15 is 0 Å². The number of hydrogen-bond acceptors (Lipinski definition) is 3. The van der Waals surface area contributed by atoms with Crippen molar-refractivity contribution in [1.82, 2.24) is 10.2 Å². The van der Waals surface area contributed by atoms with Gasteiger partial charge in [0.1, 0.15) is 6.04 Å². The first kappa shape index (κ1) is 12.6. The summed E-state index contributed by atoms with van der Waals surface area (Å²) < 4.78 is 5.44. The van der Waals surface area contributed by atoms with Gasteiger partial charge in [-0.15, -0.1) is 0 Å². The van der Waals surface area contributed by atoms with E-state index in [2.05, 4.69) is 33.0 Å². The monoisotopic (exact) mass is 256 g/mol. The minimum absolute atomic E-state index is 0.106. The Kier molecular flexibility index (Phi) is 3.06. The van der Waals surface area contributed by atoms with Crippen LogP contribution >= 0.6 is 12.2 Å². The summed E-state index contributed by atoms with van der Waals surface area (Å²) in [7, 11) is 0. The minimum Gasteiger partial charge on any atom is -0.440 e. The Morgan fingerprint density at radius 2 is 2.24 bits per heavy atom. The number of carbonyl (C=O) groups excluding carboxylic acids is 1. The molecule has 0 radical (unpaired) electrons. The molecular formula is C12H20N2O2S. The standard InChI is InChI=1S/C12H20N2O2S/c1-7(2)5-8-10(15)16-9-6-12(3,4)13-11(17)14(8)9/h7-9H,5-6H2,1-4H3,(H,13,17). The highest BCUT2D eigenvalue weighted by atomic mass is 32.1. The Hall–Kier alpha value is -0.840. The fourth-order valence-corrected chi connectivity index (χ4v) is 3.02. The van der Waals surface area contributed by atoms with Crippen LogP contribution < -0.4 is 5.32 Å². The van der Waals surface area contributed by atoms with Crippen LogP contribution in [0.5, 0.6) is 0 Å². The summed E-state index contributed by atoms with van der Waals surface area (Å²) in [5, 5.41) is 3.92. The highest BCUT2D eigenvalue weighted by Crippen LogP contribution is 2.32. The summed E-state index contributed by atoms with van der Waals surface area (Å²) in [4.78, 5) is 13.8. The van der Waals surface area contributed by atoms with Crippen molar-refractivity contribution in [3.63, 3.8) is 0 Å². The molecule has 5 heteroatoms. The lowest BCUT2D eigenvalue weighted by molar-refractivity contribution is -0.143. The van der Waals surface area contributed by atoms with Gasteiger partial charge in [0.15, 0.2) is 11.3 Å². The van der Waals surface area contributed by atoms with Gasteiger partial charge in [-0.2, -0.15) is 0 Å². The molecule has 0 aromatic heterocycles. The van der Waals surface area contributed by atoms with Crippen molar-refractivity contribution in [1.29, 1.82) is 0 Å². The fourth-order valence-electron chi connectivity index (χ4n) is 2.49. The number of carbonyl (C=O) groups is 1. The number of rotatable bonds is 2. The molecule has 0 bridgehead atoms. The van der Waals surface area contributed by atoms with Gasteiger partial charge in [0.2, 0.25) is 0 Å². The van der Waals surface area contributed by atoms with Crippen molar-refractivity contribution >= 4 is 23.3 Å². The van der Waals surface area contributed by atoms with Crippen LogP contribution in [0.25, 0.3) is 0 Å². The number of thiocarbonyl (C=S) groups is 1. The predicted octanol–water partition coefficient (Wildman–Crippen LogP) is 1.64. The van der Waals surface area contributed by atoms with Gasteiger partial charge in [-0.1, -0.05) is 13.8 Å². The first-order chi connectivity index (χ1) is 7.80. The highest BCUT2D eigenvalue weighted by Gasteiger charge is 2.49. The molecule has 0 spiro atoms. The van der Waals surface area contributed by atoms with E-state index in [0.29, 0.717) is 11.0 Å². The summed E-state index contributed by atoms with van der Waals surface area (Å²) in [5.41, 5.74) is -0.106. The van der Waals surface area contributed by atoms with Gasteiger partial charge < -0.3 is 10.1 Å². The molecule has 1 N–H and O–H groups in total. The molecule has 0 saturated carbocycles. The fraction of sp³-hybridized carbons (Fsp3) is 0.833. The molecule has 2 atom stereocenters. The number of esters is 1. The summed E-state index contributed by atoms with van der Waals surface area (Å²) in [6.07, 6.45) is 1.38. The quantitative estimate of drug-likeness (QED) is 0.601. The van der Waals surface area contributed by atoms with Crippen molar-refractivity contribution in [2.75, 3.05) is 0 Å². The average Bonchev–Trinajstić information content (AvgIpc) is 2.39. The number of nitrogens with zero attached hydrogens (tertiary/aromatic N) is 1. The molecule has 2 aliphatic heterocycles. The molecule has 0 aliphatic carbocycles. The molecule has 2 saturated heterocycles. The SMILES string of the molecule is CC(C)CC1C(=O)OC2CC(C)(C)NC(=S)N21. The third kappa shape index (κ3) is 2.39. The van der Waals surface area contributed by atoms with Crippen LogP contribution in [0, 0.1) is 5.92 Å². The van der Waals surface area contributed by atoms with E-state index in [4.69, 9.17) is 17.0 Å². The van der Waals surface area contributed by atoms with Crippen molar-refractivity contribution in [2.45, 2.75) is 58.3 Å². The van der Waals surface area contributed by atoms with E-state index in [9.17, 15) is 4.79 Å². The van der Waals surface area contributed by atoms with Gasteiger partial charge in [0.25, 0.3) is 0 Å². The Bertz CT molecular complexity index is 354. The number of hydrogen-bond donors (Lipinski definition) is 1. The van der Waals surface area contributed by atoms with E-state index in [0.717, 1.165) is 12.8 Å². The average molecular weight is 256 g/mol. The zero-order valence-corrected chi connectivity index (χ0v) is 11.6.